The van der Waals surface area contributed by atoms with Crippen molar-refractivity contribution in [3.63, 3.8) is 0 Å². The lowest BCUT2D eigenvalue weighted by Crippen LogP contribution is -2.33. The Morgan fingerprint density at radius 2 is 2.25 bits per heavy atom. The number of thioether (sulfide) groups is 1. The Hall–Kier alpha value is -0.180. The number of amidine groups is 1. The summed E-state index contributed by atoms with van der Waals surface area (Å²) in [6.45, 7) is 6.76. The normalized spacial score (nSPS) is 22.7. The lowest BCUT2D eigenvalue weighted by molar-refractivity contribution is 0.551. The Bertz CT molecular complexity index is 216. The second-order valence-electron chi connectivity index (χ2n) is 4.67. The molecule has 0 bridgehead atoms. The van der Waals surface area contributed by atoms with Crippen molar-refractivity contribution >= 4 is 16.9 Å². The maximum absolute atomic E-state index is 4.74. The third-order valence-electron chi connectivity index (χ3n) is 3.07. The molecule has 0 amide bonds. The van der Waals surface area contributed by atoms with Gasteiger partial charge in [-0.05, 0) is 26.2 Å². The van der Waals surface area contributed by atoms with Gasteiger partial charge in [0.15, 0.2) is 5.17 Å². The summed E-state index contributed by atoms with van der Waals surface area (Å²) < 4.78 is 0. The van der Waals surface area contributed by atoms with Crippen LogP contribution >= 0.6 is 11.8 Å². The molecule has 1 heterocycles. The van der Waals surface area contributed by atoms with Gasteiger partial charge < -0.3 is 5.32 Å². The fourth-order valence-electron chi connectivity index (χ4n) is 1.92. The molecule has 1 N–H and O–H groups in total. The van der Waals surface area contributed by atoms with Crippen LogP contribution in [0.1, 0.15) is 59.3 Å². The van der Waals surface area contributed by atoms with Gasteiger partial charge in [0.25, 0.3) is 0 Å². The SMILES string of the molecule is CCCCCC(C)NC1=NC(CC)CCS1. The fourth-order valence-corrected chi connectivity index (χ4v) is 3.01. The van der Waals surface area contributed by atoms with Crippen molar-refractivity contribution in [3.8, 4) is 0 Å². The highest BCUT2D eigenvalue weighted by molar-refractivity contribution is 8.13. The summed E-state index contributed by atoms with van der Waals surface area (Å²) in [5, 5.41) is 4.74. The minimum atomic E-state index is 0.562. The summed E-state index contributed by atoms with van der Waals surface area (Å²) in [5.74, 6) is 1.23. The van der Waals surface area contributed by atoms with Crippen LogP contribution < -0.4 is 5.32 Å². The van der Waals surface area contributed by atoms with Crippen LogP contribution in [0.3, 0.4) is 0 Å². The van der Waals surface area contributed by atoms with Crippen molar-refractivity contribution in [2.75, 3.05) is 5.75 Å². The van der Waals surface area contributed by atoms with E-state index < -0.39 is 0 Å². The maximum atomic E-state index is 4.74. The van der Waals surface area contributed by atoms with Gasteiger partial charge in [0, 0.05) is 11.8 Å². The van der Waals surface area contributed by atoms with Crippen LogP contribution in [0.2, 0.25) is 0 Å². The average Bonchev–Trinajstić information content (AvgIpc) is 2.29. The molecule has 3 heteroatoms. The van der Waals surface area contributed by atoms with E-state index in [4.69, 9.17) is 4.99 Å². The molecule has 1 aliphatic heterocycles. The number of unbranched alkanes of at least 4 members (excludes halogenated alkanes) is 2. The van der Waals surface area contributed by atoms with Gasteiger partial charge >= 0.3 is 0 Å². The van der Waals surface area contributed by atoms with E-state index in [1.165, 1.54) is 49.4 Å². The molecule has 2 unspecified atom stereocenters. The van der Waals surface area contributed by atoms with Gasteiger partial charge in [0.05, 0.1) is 6.04 Å². The monoisotopic (exact) mass is 242 g/mol. The van der Waals surface area contributed by atoms with Gasteiger partial charge in [0.2, 0.25) is 0 Å². The minimum absolute atomic E-state index is 0.562. The molecule has 2 atom stereocenters. The molecule has 0 saturated heterocycles. The maximum Gasteiger partial charge on any atom is 0.157 e. The third-order valence-corrected chi connectivity index (χ3v) is 4.01. The van der Waals surface area contributed by atoms with Crippen LogP contribution in [0.5, 0.6) is 0 Å². The Labute approximate surface area is 105 Å². The second-order valence-corrected chi connectivity index (χ2v) is 5.76. The summed E-state index contributed by atoms with van der Waals surface area (Å²) >= 11 is 1.89. The Morgan fingerprint density at radius 3 is 2.94 bits per heavy atom. The van der Waals surface area contributed by atoms with E-state index >= 15 is 0 Å². The first-order valence-electron chi connectivity index (χ1n) is 6.73. The van der Waals surface area contributed by atoms with Gasteiger partial charge in [-0.15, -0.1) is 0 Å². The molecular formula is C13H26N2S. The van der Waals surface area contributed by atoms with E-state index in [9.17, 15) is 0 Å². The highest BCUT2D eigenvalue weighted by Gasteiger charge is 2.15. The number of nitrogens with one attached hydrogen (secondary N) is 1. The molecule has 0 aliphatic carbocycles. The Morgan fingerprint density at radius 1 is 1.44 bits per heavy atom. The largest absolute Gasteiger partial charge is 0.362 e. The number of hydrogen-bond donors (Lipinski definition) is 1. The highest BCUT2D eigenvalue weighted by Crippen LogP contribution is 2.19. The molecule has 0 radical (unpaired) electrons. The zero-order valence-electron chi connectivity index (χ0n) is 11.0. The quantitative estimate of drug-likeness (QED) is 0.716. The number of rotatable bonds is 6. The smallest absolute Gasteiger partial charge is 0.157 e. The van der Waals surface area contributed by atoms with E-state index in [-0.39, 0.29) is 0 Å². The standard InChI is InChI=1S/C13H26N2S/c1-4-6-7-8-11(3)14-13-15-12(5-2)9-10-16-13/h11-12H,4-10H2,1-3H3,(H,14,15). The van der Waals surface area contributed by atoms with E-state index in [1.807, 2.05) is 11.8 Å². The van der Waals surface area contributed by atoms with Gasteiger partial charge in [-0.1, -0.05) is 44.9 Å². The first-order valence-corrected chi connectivity index (χ1v) is 7.72. The van der Waals surface area contributed by atoms with E-state index in [0.29, 0.717) is 12.1 Å². The zero-order chi connectivity index (χ0) is 11.8. The minimum Gasteiger partial charge on any atom is -0.362 e. The molecule has 0 spiro atoms. The van der Waals surface area contributed by atoms with E-state index in [2.05, 4.69) is 26.1 Å². The molecule has 0 aromatic rings. The van der Waals surface area contributed by atoms with Gasteiger partial charge in [-0.3, -0.25) is 4.99 Å². The lowest BCUT2D eigenvalue weighted by atomic mass is 10.1. The molecule has 0 aromatic heterocycles. The second kappa shape index (κ2) is 7.99. The van der Waals surface area contributed by atoms with Crippen LogP contribution in [0.4, 0.5) is 0 Å². The van der Waals surface area contributed by atoms with Crippen LogP contribution in [0, 0.1) is 0 Å². The van der Waals surface area contributed by atoms with Crippen molar-refractivity contribution in [1.82, 2.24) is 5.32 Å². The molecule has 0 fully saturated rings. The fraction of sp³-hybridized carbons (Fsp3) is 0.923. The predicted octanol–water partition coefficient (Wildman–Crippen LogP) is 3.82. The first kappa shape index (κ1) is 13.9. The summed E-state index contributed by atoms with van der Waals surface area (Å²) in [6, 6.07) is 1.14. The molecule has 94 valence electrons. The summed E-state index contributed by atoms with van der Waals surface area (Å²) in [7, 11) is 0. The van der Waals surface area contributed by atoms with Crippen LogP contribution in [0.15, 0.2) is 4.99 Å². The number of nitrogens with zero attached hydrogens (tertiary/aromatic N) is 1. The van der Waals surface area contributed by atoms with Crippen molar-refractivity contribution in [3.05, 3.63) is 0 Å². The van der Waals surface area contributed by atoms with Crippen LogP contribution in [-0.2, 0) is 0 Å². The molecule has 16 heavy (non-hydrogen) atoms. The summed E-state index contributed by atoms with van der Waals surface area (Å²) in [4.78, 5) is 4.74. The zero-order valence-corrected chi connectivity index (χ0v) is 11.8. The van der Waals surface area contributed by atoms with Crippen molar-refractivity contribution < 1.29 is 0 Å². The first-order chi connectivity index (χ1) is 7.76. The Balaban J connectivity index is 2.26. The summed E-state index contributed by atoms with van der Waals surface area (Å²) in [5.41, 5.74) is 0. The van der Waals surface area contributed by atoms with Crippen molar-refractivity contribution in [2.24, 2.45) is 4.99 Å². The topological polar surface area (TPSA) is 24.4 Å². The van der Waals surface area contributed by atoms with Crippen LogP contribution in [0.25, 0.3) is 0 Å². The molecule has 0 saturated carbocycles. The lowest BCUT2D eigenvalue weighted by Gasteiger charge is -2.22. The van der Waals surface area contributed by atoms with E-state index in [1.54, 1.807) is 0 Å². The summed E-state index contributed by atoms with van der Waals surface area (Å²) in [6.07, 6.45) is 7.68. The highest BCUT2D eigenvalue weighted by atomic mass is 32.2. The van der Waals surface area contributed by atoms with Gasteiger partial charge in [0.1, 0.15) is 0 Å². The van der Waals surface area contributed by atoms with Crippen molar-refractivity contribution in [1.29, 1.82) is 0 Å². The third kappa shape index (κ3) is 5.24. The number of hydrogen-bond acceptors (Lipinski definition) is 3. The molecule has 1 rings (SSSR count). The predicted molar refractivity (Wildman–Crippen MR) is 75.3 cm³/mol. The molecule has 1 aliphatic rings. The van der Waals surface area contributed by atoms with Gasteiger partial charge in [-0.2, -0.15) is 0 Å². The van der Waals surface area contributed by atoms with E-state index in [0.717, 1.165) is 0 Å². The molecular weight excluding hydrogens is 216 g/mol. The van der Waals surface area contributed by atoms with Crippen LogP contribution in [-0.4, -0.2) is 23.0 Å². The molecule has 0 aromatic carbocycles. The van der Waals surface area contributed by atoms with Gasteiger partial charge in [-0.25, -0.2) is 0 Å². The average molecular weight is 242 g/mol. The Kier molecular flexibility index (Phi) is 6.93. The number of aliphatic imine (C=N–C) groups is 1. The molecule has 2 nitrogen and oxygen atoms in total. The van der Waals surface area contributed by atoms with Crippen molar-refractivity contribution in [2.45, 2.75) is 71.4 Å².